The van der Waals surface area contributed by atoms with Crippen molar-refractivity contribution in [3.05, 3.63) is 76.6 Å². The van der Waals surface area contributed by atoms with E-state index in [0.29, 0.717) is 4.68 Å². The van der Waals surface area contributed by atoms with Gasteiger partial charge in [0.2, 0.25) is 0 Å². The van der Waals surface area contributed by atoms with Crippen LogP contribution < -0.4 is 5.73 Å². The Morgan fingerprint density at radius 3 is 2.47 bits per heavy atom. The molecule has 6 nitrogen and oxygen atoms in total. The smallest absolute Gasteiger partial charge is 0.365 e. The molecule has 0 fully saturated rings. The maximum atomic E-state index is 14.4. The van der Waals surface area contributed by atoms with E-state index in [2.05, 4.69) is 10.3 Å². The summed E-state index contributed by atoms with van der Waals surface area (Å²) in [5.74, 6) is -3.61. The number of aromatic nitrogens is 3. The van der Waals surface area contributed by atoms with Crippen molar-refractivity contribution in [1.82, 2.24) is 14.9 Å². The molecule has 12 heteroatoms. The lowest BCUT2D eigenvalue weighted by atomic mass is 10.0. The van der Waals surface area contributed by atoms with Crippen molar-refractivity contribution in [3.63, 3.8) is 0 Å². The molecule has 4 rings (SSSR count). The van der Waals surface area contributed by atoms with Crippen LogP contribution in [-0.2, 0) is 6.18 Å². The monoisotopic (exact) mass is 468 g/mol. The molecule has 1 amide bonds. The third-order valence-corrected chi connectivity index (χ3v) is 4.79. The molecule has 2 heterocycles. The van der Waals surface area contributed by atoms with E-state index in [4.69, 9.17) is 21.9 Å². The van der Waals surface area contributed by atoms with Gasteiger partial charge in [0.25, 0.3) is 5.91 Å². The van der Waals surface area contributed by atoms with Crippen molar-refractivity contribution >= 4 is 17.5 Å². The van der Waals surface area contributed by atoms with Gasteiger partial charge in [-0.05, 0) is 30.3 Å². The molecule has 0 spiro atoms. The summed E-state index contributed by atoms with van der Waals surface area (Å²) in [4.78, 5) is 12.2. The van der Waals surface area contributed by atoms with E-state index in [9.17, 15) is 26.7 Å². The molecule has 0 unspecified atom stereocenters. The van der Waals surface area contributed by atoms with Crippen LogP contribution in [0.5, 0.6) is 0 Å². The molecule has 0 radical (unpaired) electrons. The Hall–Kier alpha value is -3.73. The van der Waals surface area contributed by atoms with Crippen molar-refractivity contribution < 1.29 is 31.3 Å². The van der Waals surface area contributed by atoms with Crippen molar-refractivity contribution in [2.24, 2.45) is 5.73 Å². The summed E-state index contributed by atoms with van der Waals surface area (Å²) in [6.07, 6.45) is -4.26. The first-order valence-electron chi connectivity index (χ1n) is 8.75. The summed E-state index contributed by atoms with van der Waals surface area (Å²) >= 11 is 5.99. The van der Waals surface area contributed by atoms with Gasteiger partial charge in [0, 0.05) is 0 Å². The predicted octanol–water partition coefficient (Wildman–Crippen LogP) is 5.24. The highest BCUT2D eigenvalue weighted by Crippen LogP contribution is 2.42. The van der Waals surface area contributed by atoms with Gasteiger partial charge in [0.1, 0.15) is 22.9 Å². The summed E-state index contributed by atoms with van der Waals surface area (Å²) < 4.78 is 75.4. The van der Waals surface area contributed by atoms with E-state index in [-0.39, 0.29) is 16.3 Å². The minimum Gasteiger partial charge on any atom is -0.365 e. The third-order valence-electron chi connectivity index (χ3n) is 4.47. The molecule has 0 saturated heterocycles. The number of halogens is 6. The average molecular weight is 469 g/mol. The second kappa shape index (κ2) is 7.75. The maximum Gasteiger partial charge on any atom is 0.434 e. The number of nitrogens with zero attached hydrogens (tertiary/aromatic N) is 3. The fourth-order valence-corrected chi connectivity index (χ4v) is 3.44. The minimum absolute atomic E-state index is 0.168. The van der Waals surface area contributed by atoms with Gasteiger partial charge in [0.15, 0.2) is 11.5 Å². The van der Waals surface area contributed by atoms with Gasteiger partial charge in [-0.25, -0.2) is 13.5 Å². The van der Waals surface area contributed by atoms with Gasteiger partial charge in [-0.1, -0.05) is 28.9 Å². The standard InChI is InChI=1S/C20H10ClF5N4O2/c21-12-5-2-6-13(23)14(12)16-15(19(27)31)17(32-29-16)11-8-28-30(18(11)20(24,25)26)10-4-1-3-9(22)7-10/h1-8H,(H2,27,31). The van der Waals surface area contributed by atoms with Gasteiger partial charge in [-0.15, -0.1) is 0 Å². The lowest BCUT2D eigenvalue weighted by Gasteiger charge is -2.12. The highest BCUT2D eigenvalue weighted by atomic mass is 35.5. The number of hydrogen-bond acceptors (Lipinski definition) is 4. The Labute approximate surface area is 181 Å². The molecule has 164 valence electrons. The molecular formula is C20H10ClF5N4O2. The Morgan fingerprint density at radius 2 is 1.84 bits per heavy atom. The van der Waals surface area contributed by atoms with Crippen molar-refractivity contribution in [2.45, 2.75) is 6.18 Å². The number of carbonyl (C=O) groups is 1. The van der Waals surface area contributed by atoms with Gasteiger partial charge in [0.05, 0.1) is 28.0 Å². The molecular weight excluding hydrogens is 459 g/mol. The Balaban J connectivity index is 2.00. The van der Waals surface area contributed by atoms with E-state index < -0.39 is 52.0 Å². The van der Waals surface area contributed by atoms with Crippen LogP contribution in [0.15, 0.2) is 53.2 Å². The van der Waals surface area contributed by atoms with Crippen LogP contribution in [0.25, 0.3) is 28.3 Å². The molecule has 2 aromatic carbocycles. The second-order valence-corrected chi connectivity index (χ2v) is 6.90. The Kier molecular flexibility index (Phi) is 5.21. The number of alkyl halides is 3. The summed E-state index contributed by atoms with van der Waals surface area (Å²) in [6.45, 7) is 0. The van der Waals surface area contributed by atoms with Crippen LogP contribution in [0.4, 0.5) is 22.0 Å². The van der Waals surface area contributed by atoms with Crippen LogP contribution in [0, 0.1) is 11.6 Å². The van der Waals surface area contributed by atoms with Crippen molar-refractivity contribution in [3.8, 4) is 28.3 Å². The second-order valence-electron chi connectivity index (χ2n) is 6.49. The fourth-order valence-electron chi connectivity index (χ4n) is 3.19. The van der Waals surface area contributed by atoms with Crippen molar-refractivity contribution in [2.75, 3.05) is 0 Å². The number of nitrogens with two attached hydrogens (primary N) is 1. The van der Waals surface area contributed by atoms with Gasteiger partial charge < -0.3 is 10.3 Å². The van der Waals surface area contributed by atoms with E-state index in [0.717, 1.165) is 24.4 Å². The highest BCUT2D eigenvalue weighted by molar-refractivity contribution is 6.33. The summed E-state index contributed by atoms with van der Waals surface area (Å²) in [6, 6.07) is 7.89. The zero-order chi connectivity index (χ0) is 23.2. The average Bonchev–Trinajstić information content (AvgIpc) is 3.32. The first-order chi connectivity index (χ1) is 15.1. The maximum absolute atomic E-state index is 14.4. The first-order valence-corrected chi connectivity index (χ1v) is 9.12. The summed E-state index contributed by atoms with van der Waals surface area (Å²) in [5.41, 5.74) is 1.58. The zero-order valence-electron chi connectivity index (χ0n) is 15.6. The van der Waals surface area contributed by atoms with Crippen LogP contribution >= 0.6 is 11.6 Å². The topological polar surface area (TPSA) is 86.9 Å². The molecule has 0 atom stereocenters. The van der Waals surface area contributed by atoms with Gasteiger partial charge in [-0.3, -0.25) is 4.79 Å². The molecule has 0 aliphatic carbocycles. The molecule has 0 saturated carbocycles. The van der Waals surface area contributed by atoms with Crippen molar-refractivity contribution in [1.29, 1.82) is 0 Å². The number of hydrogen-bond donors (Lipinski definition) is 1. The Morgan fingerprint density at radius 1 is 1.12 bits per heavy atom. The normalized spacial score (nSPS) is 11.7. The van der Waals surface area contributed by atoms with Gasteiger partial charge in [-0.2, -0.15) is 18.3 Å². The molecule has 2 aromatic heterocycles. The van der Waals surface area contributed by atoms with E-state index in [1.165, 1.54) is 24.3 Å². The van der Waals surface area contributed by atoms with E-state index in [1.54, 1.807) is 0 Å². The molecule has 2 N–H and O–H groups in total. The van der Waals surface area contributed by atoms with Crippen LogP contribution in [0.1, 0.15) is 16.1 Å². The van der Waals surface area contributed by atoms with Gasteiger partial charge >= 0.3 is 6.18 Å². The number of benzene rings is 2. The number of rotatable bonds is 4. The lowest BCUT2D eigenvalue weighted by Crippen LogP contribution is -2.16. The first kappa shape index (κ1) is 21.5. The molecule has 32 heavy (non-hydrogen) atoms. The van der Waals surface area contributed by atoms with Crippen LogP contribution in [0.3, 0.4) is 0 Å². The van der Waals surface area contributed by atoms with E-state index >= 15 is 0 Å². The Bertz CT molecular complexity index is 1330. The molecule has 0 aliphatic rings. The quantitative estimate of drug-likeness (QED) is 0.415. The third kappa shape index (κ3) is 3.60. The number of primary amides is 1. The highest BCUT2D eigenvalue weighted by Gasteiger charge is 2.42. The zero-order valence-corrected chi connectivity index (χ0v) is 16.4. The minimum atomic E-state index is -5.02. The predicted molar refractivity (Wildman–Crippen MR) is 103 cm³/mol. The lowest BCUT2D eigenvalue weighted by molar-refractivity contribution is -0.142. The molecule has 0 aliphatic heterocycles. The summed E-state index contributed by atoms with van der Waals surface area (Å²) in [5, 5.41) is 7.07. The SMILES string of the molecule is NC(=O)c1c(-c2c(F)cccc2Cl)noc1-c1cnn(-c2cccc(F)c2)c1C(F)(F)F. The summed E-state index contributed by atoms with van der Waals surface area (Å²) in [7, 11) is 0. The van der Waals surface area contributed by atoms with Crippen LogP contribution in [-0.4, -0.2) is 20.8 Å². The van der Waals surface area contributed by atoms with E-state index in [1.807, 2.05) is 0 Å². The number of amides is 1. The van der Waals surface area contributed by atoms with Crippen LogP contribution in [0.2, 0.25) is 5.02 Å². The molecule has 0 bridgehead atoms. The fraction of sp³-hybridized carbons (Fsp3) is 0.0500. The number of carbonyl (C=O) groups excluding carboxylic acids is 1. The largest absolute Gasteiger partial charge is 0.434 e. The molecule has 4 aromatic rings.